The van der Waals surface area contributed by atoms with Gasteiger partial charge in [0.15, 0.2) is 0 Å². The molecule has 0 radical (unpaired) electrons. The van der Waals surface area contributed by atoms with Crippen molar-refractivity contribution in [3.05, 3.63) is 234 Å². The highest BCUT2D eigenvalue weighted by Gasteiger charge is 2.41. The first-order chi connectivity index (χ1) is 38.1. The Balaban J connectivity index is 1.31. The molecule has 0 aliphatic rings. The fourth-order valence-corrected chi connectivity index (χ4v) is 10.2. The average molecular weight is 1040 g/mol. The van der Waals surface area contributed by atoms with Crippen LogP contribution in [0.15, 0.2) is 195 Å². The third-order valence-electron chi connectivity index (χ3n) is 14.0. The number of benzene rings is 9. The van der Waals surface area contributed by atoms with Gasteiger partial charge in [0.25, 0.3) is 0 Å². The van der Waals surface area contributed by atoms with E-state index in [1.807, 2.05) is 95.6 Å². The quantitative estimate of drug-likeness (QED) is 0.0938. The van der Waals surface area contributed by atoms with Crippen LogP contribution in [0.25, 0.3) is 83.1 Å². The standard InChI is InChI=1S/C66H39F6N7/c1-3-5-51-31-48(45-15-8-41(36-74)9-16-45)21-26-59(51)78(40(2)35-73)60-25-14-44(39-77)30-53(60)56-34-52(64-57(65(67,68)69)6-4-7-58(64)66(70,71)72)24-29-63(56)79-61-27-22-49(46-17-10-42(37-75)11-18-46)32-54(61)55-33-50(23-28-62(55)79)47-19-12-43(38-76)13-20-47/h3-4,6-34,40H,1,5H2,2H3. The highest BCUT2D eigenvalue weighted by Crippen LogP contribution is 2.49. The molecule has 0 aliphatic heterocycles. The molecule has 0 spiro atoms. The summed E-state index contributed by atoms with van der Waals surface area (Å²) >= 11 is 0. The summed E-state index contributed by atoms with van der Waals surface area (Å²) in [5, 5.41) is 51.5. The Bertz CT molecular complexity index is 4140. The topological polar surface area (TPSA) is 127 Å². The summed E-state index contributed by atoms with van der Waals surface area (Å²) in [6, 6.07) is 58.7. The minimum absolute atomic E-state index is 0.107. The predicted molar refractivity (Wildman–Crippen MR) is 294 cm³/mol. The van der Waals surface area contributed by atoms with Crippen LogP contribution < -0.4 is 4.90 Å². The molecule has 9 aromatic carbocycles. The molecule has 0 saturated carbocycles. The number of nitrogens with zero attached hydrogens (tertiary/aromatic N) is 7. The van der Waals surface area contributed by atoms with Crippen molar-refractivity contribution >= 4 is 33.2 Å². The van der Waals surface area contributed by atoms with Gasteiger partial charge in [-0.25, -0.2) is 0 Å². The molecule has 380 valence electrons. The molecule has 1 heterocycles. The maximum Gasteiger partial charge on any atom is 0.417 e. The number of aromatic nitrogens is 1. The smallest absolute Gasteiger partial charge is 0.324 e. The number of alkyl halides is 6. The summed E-state index contributed by atoms with van der Waals surface area (Å²) in [5.41, 5.74) is 5.06. The summed E-state index contributed by atoms with van der Waals surface area (Å²) in [7, 11) is 0. The maximum absolute atomic E-state index is 15.1. The lowest BCUT2D eigenvalue weighted by atomic mass is 9.89. The van der Waals surface area contributed by atoms with Gasteiger partial charge in [0.1, 0.15) is 6.04 Å². The van der Waals surface area contributed by atoms with E-state index >= 15 is 26.3 Å². The van der Waals surface area contributed by atoms with Crippen molar-refractivity contribution < 1.29 is 26.3 Å². The molecule has 79 heavy (non-hydrogen) atoms. The molecule has 0 amide bonds. The summed E-state index contributed by atoms with van der Waals surface area (Å²) in [4.78, 5) is 1.73. The molecule has 13 heteroatoms. The van der Waals surface area contributed by atoms with Crippen LogP contribution >= 0.6 is 0 Å². The number of nitriles is 5. The molecular formula is C66H39F6N7. The van der Waals surface area contributed by atoms with Crippen LogP contribution in [-0.2, 0) is 18.8 Å². The number of allylic oxidation sites excluding steroid dienone is 1. The van der Waals surface area contributed by atoms with Gasteiger partial charge in [-0.1, -0.05) is 72.8 Å². The summed E-state index contributed by atoms with van der Waals surface area (Å²) in [6.45, 7) is 5.66. The van der Waals surface area contributed by atoms with Crippen molar-refractivity contribution in [2.45, 2.75) is 31.7 Å². The molecular weight excluding hydrogens is 1000 g/mol. The van der Waals surface area contributed by atoms with E-state index < -0.39 is 40.6 Å². The van der Waals surface area contributed by atoms with Crippen molar-refractivity contribution in [3.63, 3.8) is 0 Å². The van der Waals surface area contributed by atoms with E-state index in [-0.39, 0.29) is 16.7 Å². The lowest BCUT2D eigenvalue weighted by Gasteiger charge is -2.32. The van der Waals surface area contributed by atoms with Gasteiger partial charge in [-0.2, -0.15) is 52.7 Å². The Morgan fingerprint density at radius 2 is 0.911 bits per heavy atom. The summed E-state index contributed by atoms with van der Waals surface area (Å²) < 4.78 is 92.6. The zero-order chi connectivity index (χ0) is 55.8. The van der Waals surface area contributed by atoms with E-state index in [1.165, 1.54) is 30.3 Å². The van der Waals surface area contributed by atoms with Gasteiger partial charge in [0, 0.05) is 33.2 Å². The zero-order valence-electron chi connectivity index (χ0n) is 41.8. The molecule has 7 nitrogen and oxygen atoms in total. The van der Waals surface area contributed by atoms with E-state index in [1.54, 1.807) is 60.4 Å². The summed E-state index contributed by atoms with van der Waals surface area (Å²) in [6.07, 6.45) is -8.46. The fraction of sp³-hybridized carbons (Fsp3) is 0.0758. The van der Waals surface area contributed by atoms with E-state index in [4.69, 9.17) is 0 Å². The second-order valence-corrected chi connectivity index (χ2v) is 18.7. The van der Waals surface area contributed by atoms with Crippen LogP contribution in [-0.4, -0.2) is 10.6 Å². The monoisotopic (exact) mass is 1040 g/mol. The lowest BCUT2D eigenvalue weighted by Crippen LogP contribution is -2.28. The van der Waals surface area contributed by atoms with E-state index in [2.05, 4.69) is 36.9 Å². The second-order valence-electron chi connectivity index (χ2n) is 18.7. The van der Waals surface area contributed by atoms with Crippen molar-refractivity contribution in [3.8, 4) is 91.7 Å². The lowest BCUT2D eigenvalue weighted by molar-refractivity contribution is -0.142. The van der Waals surface area contributed by atoms with Gasteiger partial charge < -0.3 is 9.47 Å². The largest absolute Gasteiger partial charge is 0.417 e. The number of fused-ring (bicyclic) bond motifs is 3. The van der Waals surface area contributed by atoms with Crippen LogP contribution in [0.3, 0.4) is 0 Å². The van der Waals surface area contributed by atoms with Gasteiger partial charge in [0.2, 0.25) is 0 Å². The van der Waals surface area contributed by atoms with Crippen molar-refractivity contribution in [1.82, 2.24) is 4.57 Å². The Kier molecular flexibility index (Phi) is 13.7. The number of anilines is 2. The molecule has 1 unspecified atom stereocenters. The predicted octanol–water partition coefficient (Wildman–Crippen LogP) is 17.4. The van der Waals surface area contributed by atoms with Gasteiger partial charge >= 0.3 is 12.4 Å². The normalized spacial score (nSPS) is 11.7. The molecule has 0 saturated heterocycles. The summed E-state index contributed by atoms with van der Waals surface area (Å²) in [5.74, 6) is 0. The van der Waals surface area contributed by atoms with Crippen LogP contribution in [0.1, 0.15) is 45.9 Å². The molecule has 0 fully saturated rings. The molecule has 10 aromatic rings. The molecule has 0 N–H and O–H groups in total. The Hall–Kier alpha value is -10.7. The van der Waals surface area contributed by atoms with E-state index in [0.717, 1.165) is 39.4 Å². The molecule has 10 rings (SSSR count). The average Bonchev–Trinajstić information content (AvgIpc) is 4.08. The fourth-order valence-electron chi connectivity index (χ4n) is 10.2. The first-order valence-corrected chi connectivity index (χ1v) is 24.6. The number of hydrogen-bond acceptors (Lipinski definition) is 6. The zero-order valence-corrected chi connectivity index (χ0v) is 41.8. The third kappa shape index (κ3) is 9.80. The number of halogens is 6. The maximum atomic E-state index is 15.1. The van der Waals surface area contributed by atoms with Crippen molar-refractivity contribution in [2.24, 2.45) is 0 Å². The number of rotatable bonds is 11. The van der Waals surface area contributed by atoms with Gasteiger partial charge in [-0.3, -0.25) is 0 Å². The Morgan fingerprint density at radius 3 is 1.37 bits per heavy atom. The second kappa shape index (κ2) is 20.8. The van der Waals surface area contributed by atoms with Crippen LogP contribution in [0, 0.1) is 56.7 Å². The minimum atomic E-state index is -5.22. The van der Waals surface area contributed by atoms with Crippen molar-refractivity contribution in [2.75, 3.05) is 4.90 Å². The first-order valence-electron chi connectivity index (χ1n) is 24.6. The molecule has 0 bridgehead atoms. The van der Waals surface area contributed by atoms with E-state index in [0.29, 0.717) is 79.7 Å². The SMILES string of the molecule is C=CCc1cc(-c2ccc(C#N)cc2)ccc1N(c1ccc(C#N)cc1-c1cc(-c2c(C(F)(F)F)cccc2C(F)(F)F)ccc1-n1c2ccc(-c3ccc(C#N)cc3)cc2c2cc(-c3ccc(C#N)cc3)ccc21)C(C)C#N. The van der Waals surface area contributed by atoms with Crippen molar-refractivity contribution in [1.29, 1.82) is 26.3 Å². The van der Waals surface area contributed by atoms with Crippen LogP contribution in [0.2, 0.25) is 0 Å². The Morgan fingerprint density at radius 1 is 0.481 bits per heavy atom. The van der Waals surface area contributed by atoms with Gasteiger partial charge in [-0.15, -0.1) is 6.58 Å². The highest BCUT2D eigenvalue weighted by molar-refractivity contribution is 6.12. The van der Waals surface area contributed by atoms with E-state index in [9.17, 15) is 26.3 Å². The van der Waals surface area contributed by atoms with Crippen LogP contribution in [0.5, 0.6) is 0 Å². The Labute approximate surface area is 450 Å². The molecule has 1 atom stereocenters. The number of hydrogen-bond donors (Lipinski definition) is 0. The third-order valence-corrected chi connectivity index (χ3v) is 14.0. The van der Waals surface area contributed by atoms with Gasteiger partial charge in [-0.05, 0) is 173 Å². The first kappa shape index (κ1) is 51.8. The molecule has 1 aromatic heterocycles. The van der Waals surface area contributed by atoms with Crippen LogP contribution in [0.4, 0.5) is 37.7 Å². The minimum Gasteiger partial charge on any atom is -0.324 e. The highest BCUT2D eigenvalue weighted by atomic mass is 19.4. The molecule has 0 aliphatic carbocycles. The van der Waals surface area contributed by atoms with Gasteiger partial charge in [0.05, 0.1) is 86.1 Å².